The van der Waals surface area contributed by atoms with E-state index in [1.165, 1.54) is 0 Å². The van der Waals surface area contributed by atoms with Crippen LogP contribution in [0.5, 0.6) is 0 Å². The summed E-state index contributed by atoms with van der Waals surface area (Å²) in [4.78, 5) is 11.3. The topological polar surface area (TPSA) is 38.3 Å². The van der Waals surface area contributed by atoms with Crippen LogP contribution in [0.3, 0.4) is 0 Å². The van der Waals surface area contributed by atoms with E-state index in [-0.39, 0.29) is 12.5 Å². The van der Waals surface area contributed by atoms with Gasteiger partial charge in [0.2, 0.25) is 0 Å². The number of anilines is 1. The van der Waals surface area contributed by atoms with Crippen molar-refractivity contribution in [1.29, 1.82) is 0 Å². The van der Waals surface area contributed by atoms with E-state index in [9.17, 15) is 4.79 Å². The number of hydrogen-bond acceptors (Lipinski definition) is 3. The third-order valence-corrected chi connectivity index (χ3v) is 2.92. The van der Waals surface area contributed by atoms with Crippen molar-refractivity contribution in [3.63, 3.8) is 0 Å². The SMILES string of the molecule is CCCCOC(=O)CNc1ccc(Br)cc1Cl. The number of benzene rings is 1. The molecule has 0 spiro atoms. The molecule has 1 aromatic carbocycles. The van der Waals surface area contributed by atoms with E-state index in [2.05, 4.69) is 21.2 Å². The molecular formula is C12H15BrClNO2. The fourth-order valence-electron chi connectivity index (χ4n) is 1.18. The van der Waals surface area contributed by atoms with E-state index in [4.69, 9.17) is 16.3 Å². The smallest absolute Gasteiger partial charge is 0.325 e. The molecule has 0 unspecified atom stereocenters. The van der Waals surface area contributed by atoms with E-state index in [0.717, 1.165) is 23.0 Å². The lowest BCUT2D eigenvalue weighted by Crippen LogP contribution is -2.17. The second kappa shape index (κ2) is 7.56. The van der Waals surface area contributed by atoms with Crippen molar-refractivity contribution < 1.29 is 9.53 Å². The van der Waals surface area contributed by atoms with Gasteiger partial charge < -0.3 is 10.1 Å². The summed E-state index contributed by atoms with van der Waals surface area (Å²) in [7, 11) is 0. The summed E-state index contributed by atoms with van der Waals surface area (Å²) in [6.45, 7) is 2.66. The molecule has 1 aromatic rings. The summed E-state index contributed by atoms with van der Waals surface area (Å²) >= 11 is 9.31. The van der Waals surface area contributed by atoms with Crippen LogP contribution in [0.1, 0.15) is 19.8 Å². The number of ether oxygens (including phenoxy) is 1. The Labute approximate surface area is 115 Å². The first kappa shape index (κ1) is 14.3. The Bertz CT molecular complexity index is 385. The molecule has 0 saturated carbocycles. The molecule has 3 nitrogen and oxygen atoms in total. The first-order chi connectivity index (χ1) is 8.13. The molecule has 1 N–H and O–H groups in total. The average Bonchev–Trinajstić information content (AvgIpc) is 2.28. The van der Waals surface area contributed by atoms with Crippen molar-refractivity contribution in [2.45, 2.75) is 19.8 Å². The Morgan fingerprint density at radius 1 is 1.53 bits per heavy atom. The van der Waals surface area contributed by atoms with E-state index in [1.807, 2.05) is 19.1 Å². The summed E-state index contributed by atoms with van der Waals surface area (Å²) < 4.78 is 5.92. The molecule has 17 heavy (non-hydrogen) atoms. The first-order valence-electron chi connectivity index (χ1n) is 5.48. The van der Waals surface area contributed by atoms with E-state index in [1.54, 1.807) is 6.07 Å². The van der Waals surface area contributed by atoms with Gasteiger partial charge in [0, 0.05) is 4.47 Å². The van der Waals surface area contributed by atoms with Crippen LogP contribution in [0.15, 0.2) is 22.7 Å². The van der Waals surface area contributed by atoms with Gasteiger partial charge in [0.1, 0.15) is 6.54 Å². The number of carbonyl (C=O) groups is 1. The van der Waals surface area contributed by atoms with Gasteiger partial charge in [-0.2, -0.15) is 0 Å². The molecule has 0 radical (unpaired) electrons. The zero-order chi connectivity index (χ0) is 12.7. The molecular weight excluding hydrogens is 305 g/mol. The molecule has 0 heterocycles. The Morgan fingerprint density at radius 2 is 2.29 bits per heavy atom. The van der Waals surface area contributed by atoms with Gasteiger partial charge in [-0.3, -0.25) is 4.79 Å². The molecule has 94 valence electrons. The van der Waals surface area contributed by atoms with Gasteiger partial charge in [0.25, 0.3) is 0 Å². The summed E-state index contributed by atoms with van der Waals surface area (Å²) in [6, 6.07) is 5.44. The Hall–Kier alpha value is -0.740. The summed E-state index contributed by atoms with van der Waals surface area (Å²) in [5.41, 5.74) is 0.724. The number of nitrogens with one attached hydrogen (secondary N) is 1. The Morgan fingerprint density at radius 3 is 2.94 bits per heavy atom. The van der Waals surface area contributed by atoms with Crippen LogP contribution in [0.4, 0.5) is 5.69 Å². The molecule has 0 aliphatic rings. The molecule has 0 bridgehead atoms. The number of halogens is 2. The van der Waals surface area contributed by atoms with Crippen LogP contribution in [0.25, 0.3) is 0 Å². The number of hydrogen-bond donors (Lipinski definition) is 1. The number of carbonyl (C=O) groups excluding carboxylic acids is 1. The van der Waals surface area contributed by atoms with Crippen LogP contribution < -0.4 is 5.32 Å². The maximum absolute atomic E-state index is 11.3. The lowest BCUT2D eigenvalue weighted by atomic mass is 10.3. The third kappa shape index (κ3) is 5.41. The second-order valence-electron chi connectivity index (χ2n) is 3.55. The molecule has 0 aliphatic heterocycles. The van der Waals surface area contributed by atoms with Crippen molar-refractivity contribution in [2.75, 3.05) is 18.5 Å². The first-order valence-corrected chi connectivity index (χ1v) is 6.65. The van der Waals surface area contributed by atoms with E-state index in [0.29, 0.717) is 11.6 Å². The minimum Gasteiger partial charge on any atom is -0.464 e. The lowest BCUT2D eigenvalue weighted by molar-refractivity contribution is -0.141. The maximum Gasteiger partial charge on any atom is 0.325 e. The fourth-order valence-corrected chi connectivity index (χ4v) is 1.92. The second-order valence-corrected chi connectivity index (χ2v) is 4.87. The average molecular weight is 321 g/mol. The van der Waals surface area contributed by atoms with Gasteiger partial charge in [-0.1, -0.05) is 40.9 Å². The highest BCUT2D eigenvalue weighted by Gasteiger charge is 2.05. The van der Waals surface area contributed by atoms with Gasteiger partial charge in [0.15, 0.2) is 0 Å². The minimum absolute atomic E-state index is 0.130. The normalized spacial score (nSPS) is 10.1. The van der Waals surface area contributed by atoms with Gasteiger partial charge in [0.05, 0.1) is 17.3 Å². The monoisotopic (exact) mass is 319 g/mol. The molecule has 0 atom stereocenters. The molecule has 0 aliphatic carbocycles. The number of esters is 1. The standard InChI is InChI=1S/C12H15BrClNO2/c1-2-3-6-17-12(16)8-15-11-5-4-9(13)7-10(11)14/h4-5,7,15H,2-3,6,8H2,1H3. The highest BCUT2D eigenvalue weighted by Crippen LogP contribution is 2.25. The molecule has 0 aromatic heterocycles. The summed E-state index contributed by atoms with van der Waals surface area (Å²) in [5.74, 6) is -0.266. The molecule has 1 rings (SSSR count). The van der Waals surface area contributed by atoms with Crippen LogP contribution in [0.2, 0.25) is 5.02 Å². The largest absolute Gasteiger partial charge is 0.464 e. The molecule has 0 amide bonds. The predicted octanol–water partition coefficient (Wildman–Crippen LogP) is 3.86. The van der Waals surface area contributed by atoms with Gasteiger partial charge in [-0.05, 0) is 24.6 Å². The fraction of sp³-hybridized carbons (Fsp3) is 0.417. The van der Waals surface area contributed by atoms with E-state index < -0.39 is 0 Å². The van der Waals surface area contributed by atoms with Crippen LogP contribution >= 0.6 is 27.5 Å². The maximum atomic E-state index is 11.3. The van der Waals surface area contributed by atoms with Gasteiger partial charge >= 0.3 is 5.97 Å². The predicted molar refractivity (Wildman–Crippen MR) is 73.5 cm³/mol. The zero-order valence-electron chi connectivity index (χ0n) is 9.63. The quantitative estimate of drug-likeness (QED) is 0.639. The van der Waals surface area contributed by atoms with Crippen molar-refractivity contribution in [3.8, 4) is 0 Å². The Kier molecular flexibility index (Phi) is 6.37. The van der Waals surface area contributed by atoms with Crippen molar-refractivity contribution >= 4 is 39.2 Å². The number of rotatable bonds is 6. The zero-order valence-corrected chi connectivity index (χ0v) is 12.0. The van der Waals surface area contributed by atoms with Crippen molar-refractivity contribution in [1.82, 2.24) is 0 Å². The molecule has 0 fully saturated rings. The summed E-state index contributed by atoms with van der Waals surface area (Å²) in [5, 5.41) is 3.51. The summed E-state index contributed by atoms with van der Waals surface area (Å²) in [6.07, 6.45) is 1.91. The minimum atomic E-state index is -0.266. The highest BCUT2D eigenvalue weighted by molar-refractivity contribution is 9.10. The van der Waals surface area contributed by atoms with Crippen LogP contribution in [-0.4, -0.2) is 19.1 Å². The number of unbranched alkanes of at least 4 members (excludes halogenated alkanes) is 1. The third-order valence-electron chi connectivity index (χ3n) is 2.12. The van der Waals surface area contributed by atoms with Gasteiger partial charge in [-0.25, -0.2) is 0 Å². The molecule has 5 heteroatoms. The Balaban J connectivity index is 2.37. The molecule has 0 saturated heterocycles. The highest BCUT2D eigenvalue weighted by atomic mass is 79.9. The van der Waals surface area contributed by atoms with E-state index >= 15 is 0 Å². The van der Waals surface area contributed by atoms with Crippen LogP contribution in [0, 0.1) is 0 Å². The van der Waals surface area contributed by atoms with Gasteiger partial charge in [-0.15, -0.1) is 0 Å². The lowest BCUT2D eigenvalue weighted by Gasteiger charge is -2.08. The van der Waals surface area contributed by atoms with Crippen molar-refractivity contribution in [3.05, 3.63) is 27.7 Å². The van der Waals surface area contributed by atoms with Crippen molar-refractivity contribution in [2.24, 2.45) is 0 Å². The van der Waals surface area contributed by atoms with Crippen LogP contribution in [-0.2, 0) is 9.53 Å².